The topological polar surface area (TPSA) is 90.2 Å². The highest BCUT2D eigenvalue weighted by Gasteiger charge is 2.24. The second-order valence-electron chi connectivity index (χ2n) is 3.56. The lowest BCUT2D eigenvalue weighted by Crippen LogP contribution is -2.03. The minimum Gasteiger partial charge on any atom is -0.433 e. The van der Waals surface area contributed by atoms with E-state index in [1.807, 2.05) is 0 Å². The molecule has 2 rings (SSSR count). The Morgan fingerprint density at radius 1 is 1.45 bits per heavy atom. The van der Waals surface area contributed by atoms with Gasteiger partial charge in [0.2, 0.25) is 5.82 Å². The number of rotatable bonds is 4. The molecule has 0 aliphatic heterocycles. The molecule has 20 heavy (non-hydrogen) atoms. The number of nitrogens with zero attached hydrogens (tertiary/aromatic N) is 3. The van der Waals surface area contributed by atoms with Gasteiger partial charge in [0.05, 0.1) is 9.40 Å². The molecule has 1 N–H and O–H groups in total. The fraction of sp³-hybridized carbons (Fsp3) is 0.0909. The first-order valence-corrected chi connectivity index (χ1v) is 6.12. The SMILES string of the molecule is CNc1ncnc(Oc2ccc(Br)c(F)c2)c1[N+](=O)[O-]. The van der Waals surface area contributed by atoms with Crippen LogP contribution in [-0.2, 0) is 0 Å². The maximum Gasteiger partial charge on any atom is 0.373 e. The third kappa shape index (κ3) is 2.82. The van der Waals surface area contributed by atoms with Crippen LogP contribution in [0, 0.1) is 15.9 Å². The number of halogens is 2. The Bertz CT molecular complexity index is 668. The van der Waals surface area contributed by atoms with Crippen molar-refractivity contribution in [3.63, 3.8) is 0 Å². The van der Waals surface area contributed by atoms with Crippen LogP contribution < -0.4 is 10.1 Å². The minimum atomic E-state index is -0.670. The molecule has 0 unspecified atom stereocenters. The molecular weight excluding hydrogens is 335 g/mol. The molecule has 0 atom stereocenters. The first kappa shape index (κ1) is 14.1. The summed E-state index contributed by atoms with van der Waals surface area (Å²) in [6, 6.07) is 3.98. The molecule has 7 nitrogen and oxygen atoms in total. The van der Waals surface area contributed by atoms with Crippen LogP contribution in [0.3, 0.4) is 0 Å². The summed E-state index contributed by atoms with van der Waals surface area (Å²) in [5.41, 5.74) is -0.418. The third-order valence-electron chi connectivity index (χ3n) is 2.31. The van der Waals surface area contributed by atoms with E-state index in [1.165, 1.54) is 19.2 Å². The quantitative estimate of drug-likeness (QED) is 0.678. The molecule has 0 spiro atoms. The summed E-state index contributed by atoms with van der Waals surface area (Å²) in [4.78, 5) is 17.8. The molecule has 0 amide bonds. The van der Waals surface area contributed by atoms with Crippen molar-refractivity contribution in [1.29, 1.82) is 0 Å². The summed E-state index contributed by atoms with van der Waals surface area (Å²) >= 11 is 3.00. The van der Waals surface area contributed by atoms with Crippen LogP contribution in [-0.4, -0.2) is 21.9 Å². The van der Waals surface area contributed by atoms with Crippen LogP contribution in [0.25, 0.3) is 0 Å². The number of anilines is 1. The van der Waals surface area contributed by atoms with Crippen LogP contribution in [0.5, 0.6) is 11.6 Å². The van der Waals surface area contributed by atoms with Gasteiger partial charge in [-0.25, -0.2) is 9.37 Å². The van der Waals surface area contributed by atoms with Gasteiger partial charge in [0.15, 0.2) is 0 Å². The summed E-state index contributed by atoms with van der Waals surface area (Å²) in [6.45, 7) is 0. The maximum atomic E-state index is 13.4. The maximum absolute atomic E-state index is 13.4. The second kappa shape index (κ2) is 5.78. The lowest BCUT2D eigenvalue weighted by atomic mass is 10.3. The molecule has 9 heteroatoms. The van der Waals surface area contributed by atoms with E-state index in [4.69, 9.17) is 4.74 Å². The highest BCUT2D eigenvalue weighted by molar-refractivity contribution is 9.10. The summed E-state index contributed by atoms with van der Waals surface area (Å²) in [5, 5.41) is 13.6. The molecule has 1 aromatic heterocycles. The fourth-order valence-corrected chi connectivity index (χ4v) is 1.68. The van der Waals surface area contributed by atoms with Crippen molar-refractivity contribution in [2.24, 2.45) is 0 Å². The number of nitro groups is 1. The van der Waals surface area contributed by atoms with E-state index in [9.17, 15) is 14.5 Å². The van der Waals surface area contributed by atoms with Crippen LogP contribution in [0.2, 0.25) is 0 Å². The lowest BCUT2D eigenvalue weighted by Gasteiger charge is -2.07. The fourth-order valence-electron chi connectivity index (χ4n) is 1.44. The summed E-state index contributed by atoms with van der Waals surface area (Å²) in [7, 11) is 1.48. The van der Waals surface area contributed by atoms with Gasteiger partial charge < -0.3 is 10.1 Å². The smallest absolute Gasteiger partial charge is 0.373 e. The van der Waals surface area contributed by atoms with Crippen LogP contribution in [0.15, 0.2) is 29.0 Å². The molecular formula is C11H8BrFN4O3. The van der Waals surface area contributed by atoms with Crippen molar-refractivity contribution in [1.82, 2.24) is 9.97 Å². The number of benzene rings is 1. The van der Waals surface area contributed by atoms with Gasteiger partial charge in [0.1, 0.15) is 17.9 Å². The van der Waals surface area contributed by atoms with Crippen LogP contribution in [0.1, 0.15) is 0 Å². The van der Waals surface area contributed by atoms with Gasteiger partial charge in [0, 0.05) is 13.1 Å². The van der Waals surface area contributed by atoms with Gasteiger partial charge in [-0.2, -0.15) is 4.98 Å². The van der Waals surface area contributed by atoms with Crippen molar-refractivity contribution >= 4 is 27.4 Å². The molecule has 0 aliphatic rings. The van der Waals surface area contributed by atoms with Gasteiger partial charge in [0.25, 0.3) is 0 Å². The Morgan fingerprint density at radius 2 is 2.20 bits per heavy atom. The second-order valence-corrected chi connectivity index (χ2v) is 4.42. The van der Waals surface area contributed by atoms with E-state index < -0.39 is 16.4 Å². The molecule has 0 bridgehead atoms. The highest BCUT2D eigenvalue weighted by Crippen LogP contribution is 2.34. The molecule has 0 saturated heterocycles. The Balaban J connectivity index is 2.42. The summed E-state index contributed by atoms with van der Waals surface area (Å²) in [5.74, 6) is -0.712. The predicted octanol–water partition coefficient (Wildman–Crippen LogP) is 3.12. The van der Waals surface area contributed by atoms with Crippen molar-refractivity contribution < 1.29 is 14.1 Å². The number of aromatic nitrogens is 2. The van der Waals surface area contributed by atoms with E-state index in [0.717, 1.165) is 12.4 Å². The average Bonchev–Trinajstić information content (AvgIpc) is 2.42. The van der Waals surface area contributed by atoms with Gasteiger partial charge >= 0.3 is 11.6 Å². The number of hydrogen-bond donors (Lipinski definition) is 1. The van der Waals surface area contributed by atoms with Crippen LogP contribution >= 0.6 is 15.9 Å². The largest absolute Gasteiger partial charge is 0.433 e. The predicted molar refractivity (Wildman–Crippen MR) is 72.4 cm³/mol. The molecule has 0 radical (unpaired) electrons. The Morgan fingerprint density at radius 3 is 2.80 bits per heavy atom. The monoisotopic (exact) mass is 342 g/mol. The van der Waals surface area contributed by atoms with Gasteiger partial charge in [-0.1, -0.05) is 0 Å². The molecule has 1 aromatic carbocycles. The first-order valence-electron chi connectivity index (χ1n) is 5.33. The molecule has 104 valence electrons. The van der Waals surface area contributed by atoms with E-state index in [2.05, 4.69) is 31.2 Å². The minimum absolute atomic E-state index is 0.0117. The van der Waals surface area contributed by atoms with Crippen molar-refractivity contribution in [2.45, 2.75) is 0 Å². The van der Waals surface area contributed by atoms with E-state index in [-0.39, 0.29) is 21.9 Å². The van der Waals surface area contributed by atoms with Crippen molar-refractivity contribution in [3.8, 4) is 11.6 Å². The lowest BCUT2D eigenvalue weighted by molar-refractivity contribution is -0.385. The van der Waals surface area contributed by atoms with Crippen molar-refractivity contribution in [2.75, 3.05) is 12.4 Å². The zero-order valence-electron chi connectivity index (χ0n) is 10.1. The summed E-state index contributed by atoms with van der Waals surface area (Å²) < 4.78 is 18.9. The molecule has 1 heterocycles. The zero-order chi connectivity index (χ0) is 14.7. The summed E-state index contributed by atoms with van der Waals surface area (Å²) in [6.07, 6.45) is 1.11. The van der Waals surface area contributed by atoms with Crippen molar-refractivity contribution in [3.05, 3.63) is 44.9 Å². The standard InChI is InChI=1S/C11H8BrFN4O3/c1-14-10-9(17(18)19)11(16-5-15-10)20-6-2-3-7(12)8(13)4-6/h2-5H,1H3,(H,14,15,16). The Hall–Kier alpha value is -2.29. The number of hydrogen-bond acceptors (Lipinski definition) is 6. The van der Waals surface area contributed by atoms with Gasteiger partial charge in [-0.05, 0) is 28.1 Å². The molecule has 0 fully saturated rings. The molecule has 0 saturated carbocycles. The van der Waals surface area contributed by atoms with E-state index >= 15 is 0 Å². The van der Waals surface area contributed by atoms with E-state index in [0.29, 0.717) is 0 Å². The average molecular weight is 343 g/mol. The van der Waals surface area contributed by atoms with Gasteiger partial charge in [-0.15, -0.1) is 0 Å². The number of ether oxygens (including phenoxy) is 1. The number of nitrogens with one attached hydrogen (secondary N) is 1. The normalized spacial score (nSPS) is 10.2. The zero-order valence-corrected chi connectivity index (χ0v) is 11.7. The van der Waals surface area contributed by atoms with Crippen LogP contribution in [0.4, 0.5) is 15.9 Å². The van der Waals surface area contributed by atoms with Gasteiger partial charge in [-0.3, -0.25) is 10.1 Å². The molecule has 2 aromatic rings. The Labute approximate surface area is 121 Å². The van der Waals surface area contributed by atoms with E-state index in [1.54, 1.807) is 0 Å². The highest BCUT2D eigenvalue weighted by atomic mass is 79.9. The third-order valence-corrected chi connectivity index (χ3v) is 2.96. The molecule has 0 aliphatic carbocycles. The first-order chi connectivity index (χ1) is 9.52. The Kier molecular flexibility index (Phi) is 4.08.